The van der Waals surface area contributed by atoms with Crippen LogP contribution in [0.4, 0.5) is 4.79 Å². The molecule has 2 amide bonds. The van der Waals surface area contributed by atoms with Crippen molar-refractivity contribution in [2.75, 3.05) is 6.54 Å². The summed E-state index contributed by atoms with van der Waals surface area (Å²) in [7, 11) is 0. The van der Waals surface area contributed by atoms with Crippen LogP contribution >= 0.6 is 0 Å². The molecule has 2 aliphatic rings. The molecule has 2 aromatic carbocycles. The van der Waals surface area contributed by atoms with E-state index in [1.54, 1.807) is 0 Å². The normalized spacial score (nSPS) is 15.5. The molecular weight excluding hydrogens is 436 g/mol. The van der Waals surface area contributed by atoms with Crippen LogP contribution in [-0.4, -0.2) is 35.7 Å². The van der Waals surface area contributed by atoms with Crippen molar-refractivity contribution in [2.24, 2.45) is 5.11 Å². The van der Waals surface area contributed by atoms with E-state index in [2.05, 4.69) is 34.3 Å². The second-order valence-corrected chi connectivity index (χ2v) is 8.43. The Labute approximate surface area is 197 Å². The molecule has 34 heavy (non-hydrogen) atoms. The number of azide groups is 1. The highest BCUT2D eigenvalue weighted by Crippen LogP contribution is 2.47. The molecule has 0 bridgehead atoms. The number of imide groups is 1. The topological polar surface area (TPSA) is 122 Å². The van der Waals surface area contributed by atoms with Gasteiger partial charge in [0, 0.05) is 30.2 Å². The number of ether oxygens (including phenoxy) is 1. The predicted molar refractivity (Wildman–Crippen MR) is 123 cm³/mol. The van der Waals surface area contributed by atoms with Gasteiger partial charge in [-0.1, -0.05) is 65.1 Å². The third-order valence-corrected chi connectivity index (χ3v) is 6.24. The number of unbranched alkanes of at least 4 members (excludes halogenated alkanes) is 2. The van der Waals surface area contributed by atoms with Gasteiger partial charge in [0.1, 0.15) is 6.10 Å². The molecule has 1 atom stereocenters. The van der Waals surface area contributed by atoms with Crippen molar-refractivity contribution in [1.29, 1.82) is 0 Å². The highest BCUT2D eigenvalue weighted by molar-refractivity contribution is 6.01. The molecule has 1 aliphatic heterocycles. The summed E-state index contributed by atoms with van der Waals surface area (Å²) in [4.78, 5) is 43.8. The van der Waals surface area contributed by atoms with Crippen LogP contribution in [0.25, 0.3) is 21.6 Å². The zero-order chi connectivity index (χ0) is 23.9. The fourth-order valence-corrected chi connectivity index (χ4v) is 4.67. The molecule has 1 fully saturated rings. The minimum atomic E-state index is -1.05. The zero-order valence-corrected chi connectivity index (χ0v) is 18.8. The fraction of sp³-hybridized carbons (Fsp3) is 0.400. The van der Waals surface area contributed by atoms with Crippen molar-refractivity contribution in [1.82, 2.24) is 5.06 Å². The summed E-state index contributed by atoms with van der Waals surface area (Å²) in [6, 6.07) is 16.4. The molecule has 0 N–H and O–H groups in total. The van der Waals surface area contributed by atoms with Gasteiger partial charge in [-0.15, -0.1) is 0 Å². The maximum Gasteiger partial charge on any atom is 0.534 e. The van der Waals surface area contributed by atoms with Gasteiger partial charge in [-0.05, 0) is 53.5 Å². The van der Waals surface area contributed by atoms with Crippen LogP contribution in [0.2, 0.25) is 0 Å². The molecule has 176 valence electrons. The van der Waals surface area contributed by atoms with Gasteiger partial charge in [0.2, 0.25) is 0 Å². The summed E-state index contributed by atoms with van der Waals surface area (Å²) >= 11 is 0. The Bertz CT molecular complexity index is 1070. The SMILES string of the molecule is [N-]=[N+]=NCCCCCC(CC1c2ccccc2-c2ccccc21)OC(=O)ON1C(=O)CCC1=O. The van der Waals surface area contributed by atoms with Gasteiger partial charge >= 0.3 is 6.16 Å². The van der Waals surface area contributed by atoms with Crippen LogP contribution in [0.3, 0.4) is 0 Å². The molecule has 0 saturated carbocycles. The Balaban J connectivity index is 1.47. The molecule has 0 radical (unpaired) electrons. The Morgan fingerprint density at radius 2 is 1.62 bits per heavy atom. The number of hydroxylamine groups is 2. The summed E-state index contributed by atoms with van der Waals surface area (Å²) in [6.45, 7) is 0.423. The highest BCUT2D eigenvalue weighted by atomic mass is 16.8. The molecule has 4 rings (SSSR count). The molecule has 9 nitrogen and oxygen atoms in total. The van der Waals surface area contributed by atoms with Crippen LogP contribution in [0.1, 0.15) is 62.0 Å². The summed E-state index contributed by atoms with van der Waals surface area (Å²) in [6.07, 6.45) is 1.95. The minimum Gasteiger partial charge on any atom is -0.429 e. The molecular formula is C25H26N4O5. The van der Waals surface area contributed by atoms with Crippen LogP contribution < -0.4 is 0 Å². The van der Waals surface area contributed by atoms with E-state index >= 15 is 0 Å². The van der Waals surface area contributed by atoms with Gasteiger partial charge in [0.25, 0.3) is 11.8 Å². The lowest BCUT2D eigenvalue weighted by Gasteiger charge is -2.23. The summed E-state index contributed by atoms with van der Waals surface area (Å²) in [5, 5.41) is 4.05. The van der Waals surface area contributed by atoms with Gasteiger partial charge in [-0.3, -0.25) is 14.4 Å². The number of nitrogens with zero attached hydrogens (tertiary/aromatic N) is 4. The lowest BCUT2D eigenvalue weighted by molar-refractivity contribution is -0.178. The first-order chi connectivity index (χ1) is 16.6. The standard InChI is InChI=1S/C25H26N4O5/c26-28-27-15-7-1-2-8-17(33-25(32)34-29-23(30)13-14-24(29)31)16-22-20-11-5-3-9-18(20)19-10-4-6-12-21(19)22/h3-6,9-12,17,22H,1-2,7-8,13-16H2. The van der Waals surface area contributed by atoms with Gasteiger partial charge in [0.15, 0.2) is 0 Å². The number of fused-ring (bicyclic) bond motifs is 3. The van der Waals surface area contributed by atoms with E-state index in [-0.39, 0.29) is 18.8 Å². The Kier molecular flexibility index (Phi) is 7.44. The maximum absolute atomic E-state index is 12.5. The summed E-state index contributed by atoms with van der Waals surface area (Å²) in [5.74, 6) is -1.05. The van der Waals surface area contributed by atoms with E-state index in [1.807, 2.05) is 24.3 Å². The average Bonchev–Trinajstić information content (AvgIpc) is 3.33. The number of rotatable bonds is 10. The Morgan fingerprint density at radius 1 is 1.00 bits per heavy atom. The van der Waals surface area contributed by atoms with E-state index in [9.17, 15) is 14.4 Å². The molecule has 1 aliphatic carbocycles. The predicted octanol–water partition coefficient (Wildman–Crippen LogP) is 5.65. The number of hydrogen-bond acceptors (Lipinski definition) is 6. The van der Waals surface area contributed by atoms with E-state index in [0.29, 0.717) is 24.4 Å². The molecule has 1 heterocycles. The van der Waals surface area contributed by atoms with Gasteiger partial charge < -0.3 is 4.74 Å². The summed E-state index contributed by atoms with van der Waals surface area (Å²) < 4.78 is 5.64. The minimum absolute atomic E-state index is 0.0242. The highest BCUT2D eigenvalue weighted by Gasteiger charge is 2.35. The quantitative estimate of drug-likeness (QED) is 0.113. The molecule has 1 unspecified atom stereocenters. The summed E-state index contributed by atoms with van der Waals surface area (Å²) in [5.41, 5.74) is 13.1. The van der Waals surface area contributed by atoms with Gasteiger partial charge in [-0.25, -0.2) is 4.79 Å². The van der Waals surface area contributed by atoms with E-state index in [1.165, 1.54) is 22.3 Å². The van der Waals surface area contributed by atoms with Crippen molar-refractivity contribution < 1.29 is 24.0 Å². The van der Waals surface area contributed by atoms with Crippen molar-refractivity contribution in [3.63, 3.8) is 0 Å². The average molecular weight is 463 g/mol. The van der Waals surface area contributed by atoms with E-state index in [4.69, 9.17) is 15.1 Å². The first kappa shape index (κ1) is 23.3. The van der Waals surface area contributed by atoms with E-state index < -0.39 is 24.1 Å². The third kappa shape index (κ3) is 5.21. The maximum atomic E-state index is 12.5. The number of carbonyl (C=O) groups excluding carboxylic acids is 3. The number of benzene rings is 2. The molecule has 0 aromatic heterocycles. The van der Waals surface area contributed by atoms with Crippen LogP contribution in [0, 0.1) is 0 Å². The second kappa shape index (κ2) is 10.9. The van der Waals surface area contributed by atoms with Crippen LogP contribution in [-0.2, 0) is 19.2 Å². The molecule has 1 saturated heterocycles. The Hall–Kier alpha value is -3.84. The van der Waals surface area contributed by atoms with Crippen molar-refractivity contribution >= 4 is 18.0 Å². The first-order valence-electron chi connectivity index (χ1n) is 11.5. The molecule has 2 aromatic rings. The molecule has 9 heteroatoms. The first-order valence-corrected chi connectivity index (χ1v) is 11.5. The van der Waals surface area contributed by atoms with Crippen molar-refractivity contribution in [3.8, 4) is 11.1 Å². The number of amides is 2. The second-order valence-electron chi connectivity index (χ2n) is 8.43. The zero-order valence-electron chi connectivity index (χ0n) is 18.8. The smallest absolute Gasteiger partial charge is 0.429 e. The monoisotopic (exact) mass is 462 g/mol. The number of carbonyl (C=O) groups is 3. The lowest BCUT2D eigenvalue weighted by Crippen LogP contribution is -2.34. The van der Waals surface area contributed by atoms with Gasteiger partial charge in [-0.2, -0.15) is 0 Å². The fourth-order valence-electron chi connectivity index (χ4n) is 4.67. The van der Waals surface area contributed by atoms with Gasteiger partial charge in [0.05, 0.1) is 0 Å². The molecule has 0 spiro atoms. The van der Waals surface area contributed by atoms with Crippen molar-refractivity contribution in [3.05, 3.63) is 70.1 Å². The lowest BCUT2D eigenvalue weighted by atomic mass is 9.89. The van der Waals surface area contributed by atoms with Crippen LogP contribution in [0.15, 0.2) is 53.6 Å². The Morgan fingerprint density at radius 3 is 2.24 bits per heavy atom. The van der Waals surface area contributed by atoms with Crippen LogP contribution in [0.5, 0.6) is 0 Å². The van der Waals surface area contributed by atoms with E-state index in [0.717, 1.165) is 19.3 Å². The largest absolute Gasteiger partial charge is 0.534 e. The van der Waals surface area contributed by atoms with Crippen molar-refractivity contribution in [2.45, 2.75) is 57.0 Å². The number of hydrogen-bond donors (Lipinski definition) is 0. The third-order valence-electron chi connectivity index (χ3n) is 6.24.